The number of hydrogen-bond donors (Lipinski definition) is 3. The molecule has 6 nitrogen and oxygen atoms in total. The maximum absolute atomic E-state index is 11.2. The Hall–Kier alpha value is -2.28. The third kappa shape index (κ3) is 3.56. The van der Waals surface area contributed by atoms with Crippen LogP contribution in [0.5, 0.6) is 0 Å². The first-order chi connectivity index (χ1) is 12.0. The number of aromatic carboxylic acids is 1. The van der Waals surface area contributed by atoms with E-state index >= 15 is 0 Å². The maximum atomic E-state index is 11.2. The normalized spacial score (nSPS) is 11.0. The number of halogens is 2. The molecule has 4 N–H and O–H groups in total. The maximum Gasteiger partial charge on any atom is 0.335 e. The van der Waals surface area contributed by atoms with Gasteiger partial charge < -0.3 is 20.7 Å². The molecule has 0 saturated carbocycles. The van der Waals surface area contributed by atoms with Gasteiger partial charge in [-0.15, -0.1) is 0 Å². The molecule has 0 fully saturated rings. The first-order valence-corrected chi connectivity index (χ1v) is 8.41. The van der Waals surface area contributed by atoms with Gasteiger partial charge in [-0.3, -0.25) is 0 Å². The van der Waals surface area contributed by atoms with E-state index in [1.807, 2.05) is 4.57 Å². The first-order valence-electron chi connectivity index (χ1n) is 7.66. The number of nitrogens with zero attached hydrogens (tertiary/aromatic N) is 2. The summed E-state index contributed by atoms with van der Waals surface area (Å²) in [6.07, 6.45) is 0.747. The molecule has 1 aromatic heterocycles. The van der Waals surface area contributed by atoms with Crippen LogP contribution >= 0.6 is 23.2 Å². The third-order valence-electron chi connectivity index (χ3n) is 3.78. The van der Waals surface area contributed by atoms with E-state index in [9.17, 15) is 4.79 Å². The molecular weight excluding hydrogens is 363 g/mol. The minimum Gasteiger partial charge on any atom is -0.478 e. The number of aryl methyl sites for hydroxylation is 1. The zero-order valence-electron chi connectivity index (χ0n) is 13.2. The van der Waals surface area contributed by atoms with Crippen LogP contribution in [-0.4, -0.2) is 27.2 Å². The Kier molecular flexibility index (Phi) is 5.13. The number of carboxylic acid groups (broad SMARTS) is 1. The molecule has 0 aliphatic heterocycles. The van der Waals surface area contributed by atoms with Gasteiger partial charge in [-0.05, 0) is 43.3 Å². The highest BCUT2D eigenvalue weighted by Crippen LogP contribution is 2.33. The van der Waals surface area contributed by atoms with Crippen molar-refractivity contribution in [3.8, 4) is 0 Å². The lowest BCUT2D eigenvalue weighted by Crippen LogP contribution is -2.09. The Labute approximate surface area is 154 Å². The van der Waals surface area contributed by atoms with E-state index in [0.717, 1.165) is 11.9 Å². The van der Waals surface area contributed by atoms with Crippen LogP contribution in [0.25, 0.3) is 11.0 Å². The Morgan fingerprint density at radius 1 is 1.24 bits per heavy atom. The second-order valence-corrected chi connectivity index (χ2v) is 6.27. The van der Waals surface area contributed by atoms with E-state index in [0.29, 0.717) is 40.3 Å². The number of aromatic nitrogens is 2. The van der Waals surface area contributed by atoms with E-state index in [1.54, 1.807) is 30.3 Å². The van der Waals surface area contributed by atoms with Gasteiger partial charge in [0.25, 0.3) is 0 Å². The fourth-order valence-electron chi connectivity index (χ4n) is 2.56. The molecule has 0 bridgehead atoms. The van der Waals surface area contributed by atoms with Crippen molar-refractivity contribution in [3.63, 3.8) is 0 Å². The van der Waals surface area contributed by atoms with Crippen LogP contribution in [0.4, 0.5) is 11.6 Å². The first kappa shape index (κ1) is 17.5. The van der Waals surface area contributed by atoms with Crippen molar-refractivity contribution in [1.82, 2.24) is 9.55 Å². The average molecular weight is 379 g/mol. The van der Waals surface area contributed by atoms with Gasteiger partial charge in [-0.25, -0.2) is 9.78 Å². The van der Waals surface area contributed by atoms with Crippen molar-refractivity contribution in [2.45, 2.75) is 13.0 Å². The van der Waals surface area contributed by atoms with E-state index < -0.39 is 5.97 Å². The summed E-state index contributed by atoms with van der Waals surface area (Å²) in [5, 5.41) is 13.3. The number of rotatable bonds is 6. The predicted molar refractivity (Wildman–Crippen MR) is 100 cm³/mol. The molecule has 25 heavy (non-hydrogen) atoms. The van der Waals surface area contributed by atoms with Gasteiger partial charge in [0.1, 0.15) is 0 Å². The number of imidazole rings is 1. The van der Waals surface area contributed by atoms with Crippen molar-refractivity contribution in [1.29, 1.82) is 0 Å². The minimum absolute atomic E-state index is 0.179. The summed E-state index contributed by atoms with van der Waals surface area (Å²) < 4.78 is 1.94. The number of carbonyl (C=O) groups is 1. The van der Waals surface area contributed by atoms with Crippen molar-refractivity contribution in [2.75, 3.05) is 11.9 Å². The smallest absolute Gasteiger partial charge is 0.335 e. The molecule has 8 heteroatoms. The van der Waals surface area contributed by atoms with Crippen LogP contribution in [0, 0.1) is 0 Å². The number of carboxylic acids is 1. The molecule has 0 atom stereocenters. The third-order valence-corrected chi connectivity index (χ3v) is 4.41. The molecule has 0 aliphatic carbocycles. The highest BCUT2D eigenvalue weighted by atomic mass is 35.5. The van der Waals surface area contributed by atoms with Gasteiger partial charge in [0.05, 0.1) is 32.3 Å². The summed E-state index contributed by atoms with van der Waals surface area (Å²) in [6.45, 7) is 1.16. The van der Waals surface area contributed by atoms with E-state index in [1.165, 1.54) is 6.07 Å². The van der Waals surface area contributed by atoms with Gasteiger partial charge in [0, 0.05) is 6.54 Å². The number of para-hydroxylation sites is 1. The van der Waals surface area contributed by atoms with Crippen molar-refractivity contribution < 1.29 is 9.90 Å². The molecule has 2 aromatic carbocycles. The lowest BCUT2D eigenvalue weighted by molar-refractivity contribution is 0.0697. The van der Waals surface area contributed by atoms with Gasteiger partial charge in [-0.2, -0.15) is 0 Å². The van der Waals surface area contributed by atoms with E-state index in [2.05, 4.69) is 10.3 Å². The lowest BCUT2D eigenvalue weighted by Gasteiger charge is -2.12. The number of fused-ring (bicyclic) bond motifs is 1. The molecule has 0 spiro atoms. The molecule has 0 saturated heterocycles. The van der Waals surface area contributed by atoms with Crippen molar-refractivity contribution in [2.24, 2.45) is 5.73 Å². The van der Waals surface area contributed by atoms with Gasteiger partial charge >= 0.3 is 5.97 Å². The number of hydrogen-bond acceptors (Lipinski definition) is 4. The molecule has 130 valence electrons. The molecule has 1 heterocycles. The largest absolute Gasteiger partial charge is 0.478 e. The molecule has 0 unspecified atom stereocenters. The highest BCUT2D eigenvalue weighted by molar-refractivity contribution is 6.39. The second kappa shape index (κ2) is 7.31. The average Bonchev–Trinajstić information content (AvgIpc) is 2.92. The molecule has 0 aliphatic rings. The zero-order valence-corrected chi connectivity index (χ0v) is 14.7. The molecule has 0 radical (unpaired) electrons. The summed E-state index contributed by atoms with van der Waals surface area (Å²) in [5.74, 6) is -0.469. The number of benzene rings is 2. The van der Waals surface area contributed by atoms with E-state index in [4.69, 9.17) is 34.0 Å². The molecule has 3 rings (SSSR count). The van der Waals surface area contributed by atoms with Crippen molar-refractivity contribution in [3.05, 3.63) is 52.0 Å². The van der Waals surface area contributed by atoms with E-state index in [-0.39, 0.29) is 5.56 Å². The van der Waals surface area contributed by atoms with Crippen LogP contribution < -0.4 is 11.1 Å². The predicted octanol–water partition coefficient (Wildman–Crippen LogP) is 4.13. The lowest BCUT2D eigenvalue weighted by atomic mass is 10.2. The van der Waals surface area contributed by atoms with Gasteiger partial charge in [-0.1, -0.05) is 29.3 Å². The molecular formula is C17H16Cl2N4O2. The summed E-state index contributed by atoms with van der Waals surface area (Å²) in [4.78, 5) is 15.7. The standard InChI is InChI=1S/C17H16Cl2N4O2/c18-11-3-1-4-12(19)15(11)22-17-21-13-9-10(16(24)25)5-6-14(13)23(17)8-2-7-20/h1,3-6,9H,2,7-8,20H2,(H,21,22)(H,24,25). The quantitative estimate of drug-likeness (QED) is 0.599. The Balaban J connectivity index is 2.10. The SMILES string of the molecule is NCCCn1c(Nc2c(Cl)cccc2Cl)nc2cc(C(=O)O)ccc21. The fourth-order valence-corrected chi connectivity index (χ4v) is 3.05. The second-order valence-electron chi connectivity index (χ2n) is 5.46. The number of nitrogens with two attached hydrogens (primary N) is 1. The van der Waals surface area contributed by atoms with Crippen LogP contribution in [0.15, 0.2) is 36.4 Å². The van der Waals surface area contributed by atoms with Gasteiger partial charge in [0.2, 0.25) is 5.95 Å². The summed E-state index contributed by atoms with van der Waals surface area (Å²) in [6, 6.07) is 10.0. The summed E-state index contributed by atoms with van der Waals surface area (Å²) in [7, 11) is 0. The Morgan fingerprint density at radius 2 is 1.96 bits per heavy atom. The van der Waals surface area contributed by atoms with Crippen LogP contribution in [0.1, 0.15) is 16.8 Å². The van der Waals surface area contributed by atoms with Crippen LogP contribution in [0.2, 0.25) is 10.0 Å². The van der Waals surface area contributed by atoms with Crippen molar-refractivity contribution >= 4 is 51.8 Å². The zero-order chi connectivity index (χ0) is 18.0. The van der Waals surface area contributed by atoms with Crippen LogP contribution in [-0.2, 0) is 6.54 Å². The monoisotopic (exact) mass is 378 g/mol. The summed E-state index contributed by atoms with van der Waals surface area (Å²) in [5.41, 5.74) is 7.74. The summed E-state index contributed by atoms with van der Waals surface area (Å²) >= 11 is 12.4. The molecule has 3 aromatic rings. The highest BCUT2D eigenvalue weighted by Gasteiger charge is 2.15. The van der Waals surface area contributed by atoms with Crippen LogP contribution in [0.3, 0.4) is 0 Å². The molecule has 0 amide bonds. The van der Waals surface area contributed by atoms with Gasteiger partial charge in [0.15, 0.2) is 0 Å². The minimum atomic E-state index is -0.998. The Bertz CT molecular complexity index is 920. The topological polar surface area (TPSA) is 93.2 Å². The number of anilines is 2. The number of nitrogens with one attached hydrogen (secondary N) is 1. The fraction of sp³-hybridized carbons (Fsp3) is 0.176. The Morgan fingerprint density at radius 3 is 2.60 bits per heavy atom.